The van der Waals surface area contributed by atoms with Gasteiger partial charge >= 0.3 is 0 Å². The van der Waals surface area contributed by atoms with E-state index in [4.69, 9.17) is 5.73 Å². The molecular formula is C13H19N5OS2. The summed E-state index contributed by atoms with van der Waals surface area (Å²) in [6, 6.07) is 0. The number of nitrogens with two attached hydrogens (primary N) is 1. The fraction of sp³-hybridized carbons (Fsp3) is 0.462. The highest BCUT2D eigenvalue weighted by Gasteiger charge is 2.18. The normalized spacial score (nSPS) is 10.6. The minimum atomic E-state index is -0.186. The van der Waals surface area contributed by atoms with Gasteiger partial charge in [0.1, 0.15) is 10.7 Å². The summed E-state index contributed by atoms with van der Waals surface area (Å²) in [5.41, 5.74) is 5.86. The zero-order valence-electron chi connectivity index (χ0n) is 12.3. The molecule has 0 saturated heterocycles. The molecular weight excluding hydrogens is 306 g/mol. The van der Waals surface area contributed by atoms with Gasteiger partial charge in [-0.3, -0.25) is 4.79 Å². The van der Waals surface area contributed by atoms with Gasteiger partial charge in [0, 0.05) is 24.2 Å². The predicted octanol–water partition coefficient (Wildman–Crippen LogP) is 2.27. The molecule has 0 unspecified atom stereocenters. The van der Waals surface area contributed by atoms with Crippen molar-refractivity contribution in [1.29, 1.82) is 0 Å². The molecule has 0 aliphatic carbocycles. The molecule has 21 heavy (non-hydrogen) atoms. The summed E-state index contributed by atoms with van der Waals surface area (Å²) in [5, 5.41) is 4.64. The fourth-order valence-corrected chi connectivity index (χ4v) is 3.61. The number of anilines is 2. The van der Waals surface area contributed by atoms with Crippen molar-refractivity contribution in [2.24, 2.45) is 0 Å². The zero-order chi connectivity index (χ0) is 15.4. The minimum Gasteiger partial charge on any atom is -0.382 e. The molecule has 8 heteroatoms. The zero-order valence-corrected chi connectivity index (χ0v) is 14.0. The van der Waals surface area contributed by atoms with E-state index in [9.17, 15) is 4.79 Å². The number of hydrogen-bond acceptors (Lipinski definition) is 7. The van der Waals surface area contributed by atoms with E-state index in [-0.39, 0.29) is 5.91 Å². The third-order valence-corrected chi connectivity index (χ3v) is 5.02. The molecule has 114 valence electrons. The molecule has 0 fully saturated rings. The topological polar surface area (TPSA) is 84.1 Å². The van der Waals surface area contributed by atoms with Crippen LogP contribution in [0.2, 0.25) is 0 Å². The van der Waals surface area contributed by atoms with Crippen LogP contribution < -0.4 is 16.0 Å². The Morgan fingerprint density at radius 3 is 2.67 bits per heavy atom. The maximum Gasteiger partial charge on any atom is 0.265 e. The van der Waals surface area contributed by atoms with Crippen LogP contribution in [0.15, 0.2) is 6.20 Å². The van der Waals surface area contributed by atoms with Crippen molar-refractivity contribution in [3.05, 3.63) is 21.0 Å². The van der Waals surface area contributed by atoms with E-state index < -0.39 is 0 Å². The van der Waals surface area contributed by atoms with Crippen LogP contribution in [0.1, 0.15) is 33.4 Å². The standard InChI is InChI=1S/C13H19N5OS2/c1-4-18(5-2)13-17-11(14)10(21-13)12(19)16-7-9-6-15-8(3)20-9/h6H,4-5,7,14H2,1-3H3,(H,16,19). The van der Waals surface area contributed by atoms with Gasteiger partial charge in [0.15, 0.2) is 5.13 Å². The van der Waals surface area contributed by atoms with Gasteiger partial charge < -0.3 is 16.0 Å². The number of nitrogen functional groups attached to an aromatic ring is 1. The van der Waals surface area contributed by atoms with Crippen LogP contribution in [0.25, 0.3) is 0 Å². The molecule has 2 aromatic rings. The Morgan fingerprint density at radius 2 is 2.10 bits per heavy atom. The number of nitrogens with zero attached hydrogens (tertiary/aromatic N) is 3. The smallest absolute Gasteiger partial charge is 0.265 e. The summed E-state index contributed by atoms with van der Waals surface area (Å²) in [6.07, 6.45) is 1.78. The molecule has 3 N–H and O–H groups in total. The maximum absolute atomic E-state index is 12.2. The third-order valence-electron chi connectivity index (χ3n) is 2.97. The third kappa shape index (κ3) is 3.70. The van der Waals surface area contributed by atoms with Crippen LogP contribution in [0, 0.1) is 6.92 Å². The molecule has 6 nitrogen and oxygen atoms in total. The summed E-state index contributed by atoms with van der Waals surface area (Å²) in [4.78, 5) is 24.2. The number of carbonyl (C=O) groups excluding carboxylic acids is 1. The Bertz CT molecular complexity index is 618. The quantitative estimate of drug-likeness (QED) is 0.851. The van der Waals surface area contributed by atoms with Crippen molar-refractivity contribution < 1.29 is 4.79 Å². The number of aryl methyl sites for hydroxylation is 1. The van der Waals surface area contributed by atoms with Gasteiger partial charge in [0.2, 0.25) is 0 Å². The SMILES string of the molecule is CCN(CC)c1nc(N)c(C(=O)NCc2cnc(C)s2)s1. The van der Waals surface area contributed by atoms with Crippen molar-refractivity contribution in [3.8, 4) is 0 Å². The number of thiazole rings is 2. The monoisotopic (exact) mass is 325 g/mol. The van der Waals surface area contributed by atoms with Gasteiger partial charge in [-0.1, -0.05) is 11.3 Å². The van der Waals surface area contributed by atoms with Crippen molar-refractivity contribution in [2.75, 3.05) is 23.7 Å². The van der Waals surface area contributed by atoms with Gasteiger partial charge in [-0.25, -0.2) is 9.97 Å². The number of aromatic nitrogens is 2. The summed E-state index contributed by atoms with van der Waals surface area (Å²) in [7, 11) is 0. The Labute approximate surface area is 132 Å². The molecule has 0 atom stereocenters. The first-order valence-electron chi connectivity index (χ1n) is 6.75. The van der Waals surface area contributed by atoms with Crippen LogP contribution in [0.4, 0.5) is 10.9 Å². The predicted molar refractivity (Wildman–Crippen MR) is 88.1 cm³/mol. The molecule has 0 aromatic carbocycles. The van der Waals surface area contributed by atoms with Crippen LogP contribution in [0.5, 0.6) is 0 Å². The number of rotatable bonds is 6. The first-order valence-corrected chi connectivity index (χ1v) is 8.39. The van der Waals surface area contributed by atoms with Gasteiger partial charge in [-0.05, 0) is 20.8 Å². The molecule has 0 bridgehead atoms. The molecule has 2 rings (SSSR count). The molecule has 2 aromatic heterocycles. The lowest BCUT2D eigenvalue weighted by Crippen LogP contribution is -2.22. The largest absolute Gasteiger partial charge is 0.382 e. The van der Waals surface area contributed by atoms with Crippen LogP contribution >= 0.6 is 22.7 Å². The highest BCUT2D eigenvalue weighted by atomic mass is 32.1. The van der Waals surface area contributed by atoms with E-state index in [0.717, 1.165) is 28.1 Å². The summed E-state index contributed by atoms with van der Waals surface area (Å²) in [5.74, 6) is 0.106. The summed E-state index contributed by atoms with van der Waals surface area (Å²) in [6.45, 7) is 8.17. The van der Waals surface area contributed by atoms with Crippen molar-refractivity contribution in [2.45, 2.75) is 27.3 Å². The molecule has 2 heterocycles. The fourth-order valence-electron chi connectivity index (χ4n) is 1.85. The molecule has 0 saturated carbocycles. The van der Waals surface area contributed by atoms with Gasteiger partial charge in [0.05, 0.1) is 11.6 Å². The second kappa shape index (κ2) is 6.86. The van der Waals surface area contributed by atoms with Crippen molar-refractivity contribution in [3.63, 3.8) is 0 Å². The average molecular weight is 325 g/mol. The molecule has 0 spiro atoms. The summed E-state index contributed by atoms with van der Waals surface area (Å²) >= 11 is 2.90. The van der Waals surface area contributed by atoms with Gasteiger partial charge in [-0.2, -0.15) is 0 Å². The molecule has 0 radical (unpaired) electrons. The second-order valence-corrected chi connectivity index (χ2v) is 6.71. The number of nitrogens with one attached hydrogen (secondary N) is 1. The van der Waals surface area contributed by atoms with E-state index in [2.05, 4.69) is 20.2 Å². The van der Waals surface area contributed by atoms with Crippen molar-refractivity contribution in [1.82, 2.24) is 15.3 Å². The highest BCUT2D eigenvalue weighted by molar-refractivity contribution is 7.18. The van der Waals surface area contributed by atoms with E-state index in [1.54, 1.807) is 17.5 Å². The van der Waals surface area contributed by atoms with Crippen molar-refractivity contribution >= 4 is 39.5 Å². The van der Waals surface area contributed by atoms with Gasteiger partial charge in [-0.15, -0.1) is 11.3 Å². The van der Waals surface area contributed by atoms with Gasteiger partial charge in [0.25, 0.3) is 5.91 Å². The number of hydrogen-bond donors (Lipinski definition) is 2. The van der Waals surface area contributed by atoms with Crippen LogP contribution in [-0.4, -0.2) is 29.0 Å². The number of carbonyl (C=O) groups is 1. The van der Waals surface area contributed by atoms with Crippen LogP contribution in [-0.2, 0) is 6.54 Å². The number of amides is 1. The van der Waals surface area contributed by atoms with E-state index in [1.807, 2.05) is 20.8 Å². The average Bonchev–Trinajstić information content (AvgIpc) is 3.04. The van der Waals surface area contributed by atoms with E-state index in [0.29, 0.717) is 17.2 Å². The lowest BCUT2D eigenvalue weighted by molar-refractivity contribution is 0.0956. The maximum atomic E-state index is 12.2. The van der Waals surface area contributed by atoms with E-state index in [1.165, 1.54) is 11.3 Å². The lowest BCUT2D eigenvalue weighted by Gasteiger charge is -2.16. The molecule has 0 aliphatic heterocycles. The Balaban J connectivity index is 2.05. The second-order valence-electron chi connectivity index (χ2n) is 4.41. The Kier molecular flexibility index (Phi) is 5.13. The first kappa shape index (κ1) is 15.7. The summed E-state index contributed by atoms with van der Waals surface area (Å²) < 4.78 is 0. The highest BCUT2D eigenvalue weighted by Crippen LogP contribution is 2.28. The minimum absolute atomic E-state index is 0.186. The first-order chi connectivity index (χ1) is 10.0. The van der Waals surface area contributed by atoms with Crippen LogP contribution in [0.3, 0.4) is 0 Å². The Morgan fingerprint density at radius 1 is 1.38 bits per heavy atom. The van der Waals surface area contributed by atoms with E-state index >= 15 is 0 Å². The Hall–Kier alpha value is -1.67. The lowest BCUT2D eigenvalue weighted by atomic mass is 10.4. The molecule has 1 amide bonds. The molecule has 0 aliphatic rings.